The van der Waals surface area contributed by atoms with Gasteiger partial charge >= 0.3 is 0 Å². The van der Waals surface area contributed by atoms with Crippen molar-refractivity contribution in [3.05, 3.63) is 78.4 Å². The number of halogens is 2. The summed E-state index contributed by atoms with van der Waals surface area (Å²) >= 11 is 2.13. The average molecular weight is 546 g/mol. The van der Waals surface area contributed by atoms with Gasteiger partial charge in [0.1, 0.15) is 23.8 Å². The van der Waals surface area contributed by atoms with Crippen LogP contribution in [0.2, 0.25) is 0 Å². The van der Waals surface area contributed by atoms with E-state index in [1.54, 1.807) is 24.3 Å². The first kappa shape index (κ1) is 23.6. The van der Waals surface area contributed by atoms with Crippen LogP contribution in [0.25, 0.3) is 0 Å². The number of carbonyl (C=O) groups excluding carboxylic acids is 1. The Labute approximate surface area is 200 Å². The molecule has 0 aliphatic carbocycles. The lowest BCUT2D eigenvalue weighted by Gasteiger charge is -2.11. The molecule has 0 saturated carbocycles. The predicted octanol–water partition coefficient (Wildman–Crippen LogP) is 5.09. The lowest BCUT2D eigenvalue weighted by atomic mass is 10.2. The number of rotatable bonds is 9. The van der Waals surface area contributed by atoms with E-state index in [0.29, 0.717) is 33.9 Å². The summed E-state index contributed by atoms with van der Waals surface area (Å²) in [6.45, 7) is 0.691. The molecule has 0 spiro atoms. The van der Waals surface area contributed by atoms with Crippen molar-refractivity contribution in [3.8, 4) is 0 Å². The van der Waals surface area contributed by atoms with E-state index in [2.05, 4.69) is 48.5 Å². The highest BCUT2D eigenvalue weighted by molar-refractivity contribution is 14.1. The van der Waals surface area contributed by atoms with Crippen LogP contribution in [0.5, 0.6) is 0 Å². The zero-order chi connectivity index (χ0) is 22.9. The highest BCUT2D eigenvalue weighted by atomic mass is 127. The zero-order valence-corrected chi connectivity index (χ0v) is 19.9. The van der Waals surface area contributed by atoms with Gasteiger partial charge in [-0.15, -0.1) is 0 Å². The molecule has 0 bridgehead atoms. The third kappa shape index (κ3) is 7.27. The van der Waals surface area contributed by atoms with Gasteiger partial charge in [0.25, 0.3) is 0 Å². The number of alkyl halides is 1. The average Bonchev–Trinajstić information content (AvgIpc) is 2.75. The van der Waals surface area contributed by atoms with E-state index in [-0.39, 0.29) is 11.7 Å². The number of carbonyl (C=O) groups is 1. The first-order chi connectivity index (χ1) is 15.4. The second kappa shape index (κ2) is 11.5. The van der Waals surface area contributed by atoms with Crippen molar-refractivity contribution in [2.24, 2.45) is 0 Å². The Bertz CT molecular complexity index is 1110. The number of amides is 1. The molecule has 9 heteroatoms. The molecule has 0 unspecified atom stereocenters. The second-order valence-corrected chi connectivity index (χ2v) is 7.98. The number of nitrogens with zero attached hydrogens (tertiary/aromatic N) is 3. The van der Waals surface area contributed by atoms with E-state index < -0.39 is 0 Å². The maximum atomic E-state index is 13.7. The van der Waals surface area contributed by atoms with Crippen molar-refractivity contribution in [2.45, 2.75) is 4.43 Å². The Morgan fingerprint density at radius 1 is 1.03 bits per heavy atom. The third-order valence-electron chi connectivity index (χ3n) is 4.27. The van der Waals surface area contributed by atoms with Crippen molar-refractivity contribution in [1.29, 1.82) is 0 Å². The maximum absolute atomic E-state index is 13.7. The highest BCUT2D eigenvalue weighted by Gasteiger charge is 2.05. The summed E-state index contributed by atoms with van der Waals surface area (Å²) < 4.78 is 14.3. The molecule has 3 aromatic rings. The molecular weight excluding hydrogens is 522 g/mol. The van der Waals surface area contributed by atoms with Crippen LogP contribution in [0.1, 0.15) is 5.56 Å². The van der Waals surface area contributed by atoms with Crippen molar-refractivity contribution in [3.63, 3.8) is 0 Å². The molecule has 0 fully saturated rings. The quantitative estimate of drug-likeness (QED) is 0.197. The van der Waals surface area contributed by atoms with E-state index in [0.717, 1.165) is 11.4 Å². The molecule has 0 atom stereocenters. The molecular formula is C23H24FIN6O. The summed E-state index contributed by atoms with van der Waals surface area (Å²) in [4.78, 5) is 22.5. The van der Waals surface area contributed by atoms with Crippen LogP contribution in [-0.2, 0) is 9.22 Å². The van der Waals surface area contributed by atoms with E-state index in [1.807, 2.05) is 43.3 Å². The Balaban J connectivity index is 1.66. The van der Waals surface area contributed by atoms with E-state index >= 15 is 0 Å². The first-order valence-corrected chi connectivity index (χ1v) is 11.4. The molecule has 0 radical (unpaired) electrons. The van der Waals surface area contributed by atoms with Crippen LogP contribution in [0.3, 0.4) is 0 Å². The molecule has 7 nitrogen and oxygen atoms in total. The Morgan fingerprint density at radius 2 is 1.72 bits per heavy atom. The molecule has 3 rings (SSSR count). The van der Waals surface area contributed by atoms with Crippen LogP contribution in [0, 0.1) is 5.82 Å². The zero-order valence-electron chi connectivity index (χ0n) is 17.8. The van der Waals surface area contributed by atoms with Crippen LogP contribution in [-0.4, -0.2) is 41.4 Å². The van der Waals surface area contributed by atoms with Gasteiger partial charge in [0.2, 0.25) is 5.91 Å². The number of anilines is 5. The number of nitrogens with one attached hydrogen (secondary N) is 3. The van der Waals surface area contributed by atoms with E-state index in [4.69, 9.17) is 0 Å². The van der Waals surface area contributed by atoms with Gasteiger partial charge < -0.3 is 20.9 Å². The van der Waals surface area contributed by atoms with Gasteiger partial charge in [0, 0.05) is 40.2 Å². The van der Waals surface area contributed by atoms with Crippen LogP contribution in [0.4, 0.5) is 33.1 Å². The summed E-state index contributed by atoms with van der Waals surface area (Å²) in [6, 6.07) is 14.0. The van der Waals surface area contributed by atoms with Gasteiger partial charge in [-0.2, -0.15) is 0 Å². The molecule has 32 heavy (non-hydrogen) atoms. The van der Waals surface area contributed by atoms with Gasteiger partial charge in [0.05, 0.1) is 0 Å². The fourth-order valence-electron chi connectivity index (χ4n) is 2.77. The minimum absolute atomic E-state index is 0.192. The standard InChI is InChI=1S/C23H24FIN6O/c1-31(2)10-4-7-23(32)30-18-6-3-5-17(12-18)28-21-13-22(27-15-26-21)29-19-8-9-20(24)16(11-19)14-25/h3-9,11-13,15H,10,14H2,1-2H3,(H,30,32)(H2,26,27,28,29)/b7-4+. The Morgan fingerprint density at radius 3 is 2.41 bits per heavy atom. The summed E-state index contributed by atoms with van der Waals surface area (Å²) in [7, 11) is 3.88. The summed E-state index contributed by atoms with van der Waals surface area (Å²) in [5.74, 6) is 0.731. The largest absolute Gasteiger partial charge is 0.340 e. The van der Waals surface area contributed by atoms with Crippen molar-refractivity contribution in [1.82, 2.24) is 14.9 Å². The summed E-state index contributed by atoms with van der Waals surface area (Å²) in [6.07, 6.45) is 4.76. The Hall–Kier alpha value is -3.05. The predicted molar refractivity (Wildman–Crippen MR) is 135 cm³/mol. The minimum atomic E-state index is -0.227. The smallest absolute Gasteiger partial charge is 0.248 e. The Kier molecular flexibility index (Phi) is 8.51. The topological polar surface area (TPSA) is 82.2 Å². The molecule has 1 amide bonds. The number of hydrogen-bond donors (Lipinski definition) is 3. The monoisotopic (exact) mass is 546 g/mol. The number of benzene rings is 2. The van der Waals surface area contributed by atoms with Crippen molar-refractivity contribution in [2.75, 3.05) is 36.6 Å². The van der Waals surface area contributed by atoms with Crippen LogP contribution >= 0.6 is 22.6 Å². The van der Waals surface area contributed by atoms with Gasteiger partial charge in [-0.3, -0.25) is 4.79 Å². The van der Waals surface area contributed by atoms with Gasteiger partial charge in [-0.1, -0.05) is 34.7 Å². The number of likely N-dealkylation sites (N-methyl/N-ethyl adjacent to an activating group) is 1. The SMILES string of the molecule is CN(C)C/C=C/C(=O)Nc1cccc(Nc2cc(Nc3ccc(F)c(CI)c3)ncn2)c1. The van der Waals surface area contributed by atoms with Gasteiger partial charge in [-0.25, -0.2) is 14.4 Å². The molecule has 1 aromatic heterocycles. The van der Waals surface area contributed by atoms with Gasteiger partial charge in [0.15, 0.2) is 0 Å². The lowest BCUT2D eigenvalue weighted by molar-refractivity contribution is -0.111. The fraction of sp³-hybridized carbons (Fsp3) is 0.174. The molecule has 1 heterocycles. The molecule has 3 N–H and O–H groups in total. The first-order valence-electron chi connectivity index (χ1n) is 9.86. The molecule has 0 aliphatic rings. The molecule has 0 aliphatic heterocycles. The highest BCUT2D eigenvalue weighted by Crippen LogP contribution is 2.23. The number of aromatic nitrogens is 2. The number of hydrogen-bond acceptors (Lipinski definition) is 6. The second-order valence-electron chi connectivity index (χ2n) is 7.21. The molecule has 166 valence electrons. The fourth-order valence-corrected chi connectivity index (χ4v) is 3.36. The maximum Gasteiger partial charge on any atom is 0.248 e. The summed E-state index contributed by atoms with van der Waals surface area (Å²) in [5, 5.41) is 9.21. The van der Waals surface area contributed by atoms with Crippen molar-refractivity contribution >= 4 is 57.2 Å². The van der Waals surface area contributed by atoms with Crippen LogP contribution < -0.4 is 16.0 Å². The van der Waals surface area contributed by atoms with E-state index in [1.165, 1.54) is 18.5 Å². The van der Waals surface area contributed by atoms with E-state index in [9.17, 15) is 9.18 Å². The molecule has 0 saturated heterocycles. The van der Waals surface area contributed by atoms with Gasteiger partial charge in [-0.05, 0) is 56.1 Å². The van der Waals surface area contributed by atoms with Crippen LogP contribution in [0.15, 0.2) is 67.0 Å². The minimum Gasteiger partial charge on any atom is -0.340 e. The van der Waals surface area contributed by atoms with Crippen molar-refractivity contribution < 1.29 is 9.18 Å². The summed E-state index contributed by atoms with van der Waals surface area (Å²) in [5.41, 5.74) is 2.80. The lowest BCUT2D eigenvalue weighted by Crippen LogP contribution is -2.12. The normalized spacial score (nSPS) is 11.0. The molecule has 2 aromatic carbocycles. The third-order valence-corrected chi connectivity index (χ3v) is 5.09.